The van der Waals surface area contributed by atoms with E-state index in [-0.39, 0.29) is 11.5 Å². The maximum Gasteiger partial charge on any atom is 0.251 e. The smallest absolute Gasteiger partial charge is 0.251 e. The maximum atomic E-state index is 12.3. The van der Waals surface area contributed by atoms with Gasteiger partial charge in [-0.05, 0) is 60.5 Å². The van der Waals surface area contributed by atoms with E-state index in [0.29, 0.717) is 37.1 Å². The zero-order valence-corrected chi connectivity index (χ0v) is 18.1. The van der Waals surface area contributed by atoms with Crippen LogP contribution in [0.5, 0.6) is 0 Å². The number of rotatable bonds is 8. The largest absolute Gasteiger partial charge is 0.383 e. The summed E-state index contributed by atoms with van der Waals surface area (Å²) < 4.78 is 4.96. The van der Waals surface area contributed by atoms with Crippen LogP contribution in [0.15, 0.2) is 53.3 Å². The molecule has 0 aliphatic carbocycles. The van der Waals surface area contributed by atoms with Crippen molar-refractivity contribution in [2.24, 2.45) is 0 Å². The van der Waals surface area contributed by atoms with E-state index in [1.54, 1.807) is 13.2 Å². The molecule has 0 saturated heterocycles. The minimum absolute atomic E-state index is 0.0991. The van der Waals surface area contributed by atoms with Gasteiger partial charge in [-0.1, -0.05) is 31.2 Å². The van der Waals surface area contributed by atoms with E-state index in [1.165, 1.54) is 0 Å². The lowest BCUT2D eigenvalue weighted by atomic mass is 9.78. The Morgan fingerprint density at radius 1 is 1.23 bits per heavy atom. The van der Waals surface area contributed by atoms with Gasteiger partial charge in [0.15, 0.2) is 0 Å². The van der Waals surface area contributed by atoms with Crippen LogP contribution in [0.2, 0.25) is 0 Å². The van der Waals surface area contributed by atoms with E-state index >= 15 is 0 Å². The van der Waals surface area contributed by atoms with Crippen molar-refractivity contribution in [1.82, 2.24) is 10.3 Å². The van der Waals surface area contributed by atoms with E-state index < -0.39 is 5.41 Å². The van der Waals surface area contributed by atoms with Crippen molar-refractivity contribution in [2.75, 3.05) is 20.3 Å². The average molecular weight is 418 g/mol. The number of hydrogen-bond acceptors (Lipinski definition) is 4. The lowest BCUT2D eigenvalue weighted by Gasteiger charge is -2.23. The fourth-order valence-corrected chi connectivity index (χ4v) is 3.66. The average Bonchev–Trinajstić information content (AvgIpc) is 2.78. The van der Waals surface area contributed by atoms with Gasteiger partial charge in [0.25, 0.3) is 11.5 Å². The molecular weight excluding hydrogens is 390 g/mol. The Bertz CT molecular complexity index is 1190. The quantitative estimate of drug-likeness (QED) is 0.549. The number of nitriles is 1. The van der Waals surface area contributed by atoms with E-state index in [0.717, 1.165) is 22.1 Å². The number of amides is 1. The number of pyridine rings is 1. The van der Waals surface area contributed by atoms with Crippen molar-refractivity contribution in [3.8, 4) is 6.07 Å². The molecule has 2 aromatic carbocycles. The number of aromatic nitrogens is 1. The predicted octanol–water partition coefficient (Wildman–Crippen LogP) is 3.49. The zero-order valence-electron chi connectivity index (χ0n) is 18.1. The highest BCUT2D eigenvalue weighted by Gasteiger charge is 2.27. The number of carbonyl (C=O) groups is 1. The highest BCUT2D eigenvalue weighted by atomic mass is 16.5. The van der Waals surface area contributed by atoms with Crippen molar-refractivity contribution in [1.29, 1.82) is 5.26 Å². The van der Waals surface area contributed by atoms with E-state index in [2.05, 4.69) is 16.4 Å². The first-order chi connectivity index (χ1) is 14.9. The summed E-state index contributed by atoms with van der Waals surface area (Å²) >= 11 is 0. The number of nitrogens with one attached hydrogen (secondary N) is 2. The molecule has 1 amide bonds. The third-order valence-corrected chi connectivity index (χ3v) is 5.53. The van der Waals surface area contributed by atoms with E-state index in [9.17, 15) is 14.9 Å². The Balaban J connectivity index is 1.89. The monoisotopic (exact) mass is 417 g/mol. The maximum absolute atomic E-state index is 12.3. The van der Waals surface area contributed by atoms with Gasteiger partial charge >= 0.3 is 0 Å². The molecule has 1 aromatic heterocycles. The summed E-state index contributed by atoms with van der Waals surface area (Å²) in [6, 6.07) is 17.4. The fourth-order valence-electron chi connectivity index (χ4n) is 3.66. The van der Waals surface area contributed by atoms with Crippen LogP contribution in [0.1, 0.15) is 40.9 Å². The van der Waals surface area contributed by atoms with Gasteiger partial charge in [-0.3, -0.25) is 9.59 Å². The number of ether oxygens (including phenoxy) is 1. The Kier molecular flexibility index (Phi) is 6.88. The first-order valence-corrected chi connectivity index (χ1v) is 10.3. The minimum atomic E-state index is -0.820. The van der Waals surface area contributed by atoms with Gasteiger partial charge in [0.2, 0.25) is 0 Å². The fraction of sp³-hybridized carbons (Fsp3) is 0.320. The number of H-pyrrole nitrogens is 1. The highest BCUT2D eigenvalue weighted by molar-refractivity contribution is 5.94. The number of nitrogens with zero attached hydrogens (tertiary/aromatic N) is 1. The van der Waals surface area contributed by atoms with Crippen LogP contribution in [0.4, 0.5) is 0 Å². The lowest BCUT2D eigenvalue weighted by Crippen LogP contribution is -2.27. The summed E-state index contributed by atoms with van der Waals surface area (Å²) in [7, 11) is 1.58. The van der Waals surface area contributed by atoms with E-state index in [1.807, 2.05) is 56.3 Å². The van der Waals surface area contributed by atoms with Crippen molar-refractivity contribution in [3.63, 3.8) is 0 Å². The van der Waals surface area contributed by atoms with Crippen molar-refractivity contribution in [3.05, 3.63) is 81.1 Å². The number of carbonyl (C=O) groups excluding carboxylic acids is 1. The van der Waals surface area contributed by atoms with Gasteiger partial charge in [0, 0.05) is 30.3 Å². The van der Waals surface area contributed by atoms with Crippen LogP contribution >= 0.6 is 0 Å². The molecule has 0 bridgehead atoms. The van der Waals surface area contributed by atoms with Gasteiger partial charge < -0.3 is 15.0 Å². The normalized spacial score (nSPS) is 12.8. The summed E-state index contributed by atoms with van der Waals surface area (Å²) in [5, 5.41) is 13.8. The van der Waals surface area contributed by atoms with Crippen molar-refractivity contribution >= 4 is 16.8 Å². The number of aryl methyl sites for hydroxylation is 1. The second-order valence-electron chi connectivity index (χ2n) is 7.85. The standard InChI is InChI=1S/C25H27N3O3/c1-4-18-13-19-8-9-21(14-22(19)28-24(18)30)25(2,16-26)15-17-6-5-7-20(12-17)23(29)27-10-11-31-3/h5-9,12-14H,4,10-11,15H2,1-3H3,(H,27,29)(H,28,30). The SMILES string of the molecule is CCc1cc2ccc(C(C)(C#N)Cc3cccc(C(=O)NCCOC)c3)cc2[nH]c1=O. The molecule has 0 fully saturated rings. The van der Waals surface area contributed by atoms with Crippen LogP contribution < -0.4 is 10.9 Å². The summed E-state index contributed by atoms with van der Waals surface area (Å²) in [5.41, 5.74) is 2.79. The Labute approximate surface area is 181 Å². The Morgan fingerprint density at radius 2 is 2.03 bits per heavy atom. The molecule has 0 spiro atoms. The van der Waals surface area contributed by atoms with Gasteiger partial charge in [-0.2, -0.15) is 5.26 Å². The Hall–Kier alpha value is -3.43. The summed E-state index contributed by atoms with van der Waals surface area (Å²) in [6.45, 7) is 4.70. The number of hydrogen-bond donors (Lipinski definition) is 2. The van der Waals surface area contributed by atoms with Crippen LogP contribution in [-0.2, 0) is 23.0 Å². The second kappa shape index (κ2) is 9.59. The van der Waals surface area contributed by atoms with Crippen LogP contribution in [0.3, 0.4) is 0 Å². The van der Waals surface area contributed by atoms with E-state index in [4.69, 9.17) is 4.74 Å². The lowest BCUT2D eigenvalue weighted by molar-refractivity contribution is 0.0937. The summed E-state index contributed by atoms with van der Waals surface area (Å²) in [6.07, 6.45) is 1.10. The predicted molar refractivity (Wildman–Crippen MR) is 121 cm³/mol. The molecule has 1 atom stereocenters. The third kappa shape index (κ3) is 5.01. The number of methoxy groups -OCH3 is 1. The zero-order chi connectivity index (χ0) is 22.4. The molecule has 0 aliphatic heterocycles. The summed E-state index contributed by atoms with van der Waals surface area (Å²) in [5.74, 6) is -0.174. The molecule has 0 radical (unpaired) electrons. The molecule has 0 saturated carbocycles. The molecule has 1 heterocycles. The second-order valence-corrected chi connectivity index (χ2v) is 7.85. The minimum Gasteiger partial charge on any atom is -0.383 e. The molecule has 3 aromatic rings. The molecule has 0 aliphatic rings. The van der Waals surface area contributed by atoms with Crippen molar-refractivity contribution < 1.29 is 9.53 Å². The van der Waals surface area contributed by atoms with Crippen LogP contribution in [-0.4, -0.2) is 31.2 Å². The summed E-state index contributed by atoms with van der Waals surface area (Å²) in [4.78, 5) is 27.5. The van der Waals surface area contributed by atoms with Gasteiger partial charge in [-0.25, -0.2) is 0 Å². The van der Waals surface area contributed by atoms with Crippen molar-refractivity contribution in [2.45, 2.75) is 32.1 Å². The topological polar surface area (TPSA) is 95.0 Å². The number of fused-ring (bicyclic) bond motifs is 1. The van der Waals surface area contributed by atoms with Gasteiger partial charge in [-0.15, -0.1) is 0 Å². The van der Waals surface area contributed by atoms with Crippen LogP contribution in [0.25, 0.3) is 10.9 Å². The first-order valence-electron chi connectivity index (χ1n) is 10.3. The number of benzene rings is 2. The number of aromatic amines is 1. The molecule has 160 valence electrons. The molecule has 6 nitrogen and oxygen atoms in total. The third-order valence-electron chi connectivity index (χ3n) is 5.53. The van der Waals surface area contributed by atoms with Gasteiger partial charge in [0.1, 0.15) is 0 Å². The molecule has 6 heteroatoms. The molecule has 1 unspecified atom stereocenters. The van der Waals surface area contributed by atoms with Gasteiger partial charge in [0.05, 0.1) is 18.1 Å². The Morgan fingerprint density at radius 3 is 2.74 bits per heavy atom. The first kappa shape index (κ1) is 22.3. The highest BCUT2D eigenvalue weighted by Crippen LogP contribution is 2.30. The molecular formula is C25H27N3O3. The van der Waals surface area contributed by atoms with Crippen LogP contribution in [0, 0.1) is 11.3 Å². The molecule has 2 N–H and O–H groups in total. The molecule has 3 rings (SSSR count). The molecule has 31 heavy (non-hydrogen) atoms.